The molecule has 0 radical (unpaired) electrons. The van der Waals surface area contributed by atoms with Crippen LogP contribution >= 0.6 is 15.9 Å². The molecule has 0 unspecified atom stereocenters. The maximum Gasteiger partial charge on any atom is 0.224 e. The highest BCUT2D eigenvalue weighted by Gasteiger charge is 2.06. The summed E-state index contributed by atoms with van der Waals surface area (Å²) in [4.78, 5) is 3.93. The van der Waals surface area contributed by atoms with Crippen molar-refractivity contribution in [2.24, 2.45) is 5.73 Å². The Morgan fingerprint density at radius 2 is 2.42 bits per heavy atom. The van der Waals surface area contributed by atoms with Crippen LogP contribution in [0, 0.1) is 5.41 Å². The van der Waals surface area contributed by atoms with Crippen molar-refractivity contribution in [3.8, 4) is 5.88 Å². The van der Waals surface area contributed by atoms with Crippen molar-refractivity contribution in [2.45, 2.75) is 0 Å². The molecule has 64 valence electrons. The number of nitrogens with two attached hydrogens (primary N) is 1. The SMILES string of the molecule is COc1ncc(Br)cc1C(=N)N. The van der Waals surface area contributed by atoms with E-state index < -0.39 is 0 Å². The van der Waals surface area contributed by atoms with Gasteiger partial charge < -0.3 is 10.5 Å². The maximum atomic E-state index is 7.21. The second-order valence-corrected chi connectivity index (χ2v) is 3.04. The zero-order valence-corrected chi connectivity index (χ0v) is 8.05. The fraction of sp³-hybridized carbons (Fsp3) is 0.143. The minimum atomic E-state index is -0.0550. The van der Waals surface area contributed by atoms with E-state index in [-0.39, 0.29) is 5.84 Å². The third kappa shape index (κ3) is 1.73. The molecule has 1 aromatic rings. The van der Waals surface area contributed by atoms with E-state index in [4.69, 9.17) is 15.9 Å². The summed E-state index contributed by atoms with van der Waals surface area (Å²) in [5.74, 6) is 0.311. The number of nitrogen functional groups attached to an aromatic ring is 1. The smallest absolute Gasteiger partial charge is 0.224 e. The molecular formula is C7H8BrN3O. The standard InChI is InChI=1S/C7H8BrN3O/c1-12-7-5(6(9)10)2-4(8)3-11-7/h2-3H,1H3,(H3,9,10). The molecule has 0 spiro atoms. The predicted molar refractivity (Wildman–Crippen MR) is 49.5 cm³/mol. The summed E-state index contributed by atoms with van der Waals surface area (Å²) in [5, 5.41) is 7.21. The van der Waals surface area contributed by atoms with Gasteiger partial charge in [0.15, 0.2) is 0 Å². The monoisotopic (exact) mass is 229 g/mol. The number of hydrogen-bond donors (Lipinski definition) is 2. The first-order chi connectivity index (χ1) is 5.65. The van der Waals surface area contributed by atoms with Crippen LogP contribution in [0.4, 0.5) is 0 Å². The molecule has 5 heteroatoms. The van der Waals surface area contributed by atoms with Crippen molar-refractivity contribution < 1.29 is 4.74 Å². The van der Waals surface area contributed by atoms with Crippen LogP contribution < -0.4 is 10.5 Å². The number of amidine groups is 1. The molecule has 0 amide bonds. The first kappa shape index (κ1) is 8.99. The van der Waals surface area contributed by atoms with Crippen LogP contribution in [0.25, 0.3) is 0 Å². The van der Waals surface area contributed by atoms with Gasteiger partial charge in [-0.25, -0.2) is 4.98 Å². The van der Waals surface area contributed by atoms with Gasteiger partial charge in [0.2, 0.25) is 5.88 Å². The second kappa shape index (κ2) is 3.53. The largest absolute Gasteiger partial charge is 0.480 e. The van der Waals surface area contributed by atoms with Crippen LogP contribution in [0.3, 0.4) is 0 Å². The van der Waals surface area contributed by atoms with Gasteiger partial charge in [0.25, 0.3) is 0 Å². The van der Waals surface area contributed by atoms with Gasteiger partial charge in [0, 0.05) is 10.7 Å². The quantitative estimate of drug-likeness (QED) is 0.591. The number of ether oxygens (including phenoxy) is 1. The first-order valence-electron chi connectivity index (χ1n) is 3.19. The van der Waals surface area contributed by atoms with Crippen molar-refractivity contribution >= 4 is 21.8 Å². The summed E-state index contributed by atoms with van der Waals surface area (Å²) in [5.41, 5.74) is 5.79. The van der Waals surface area contributed by atoms with Gasteiger partial charge in [-0.2, -0.15) is 0 Å². The Labute approximate surface area is 78.4 Å². The van der Waals surface area contributed by atoms with Crippen LogP contribution in [0.2, 0.25) is 0 Å². The molecule has 0 saturated heterocycles. The van der Waals surface area contributed by atoms with Gasteiger partial charge >= 0.3 is 0 Å². The molecule has 3 N–H and O–H groups in total. The highest BCUT2D eigenvalue weighted by Crippen LogP contribution is 2.18. The number of pyridine rings is 1. The molecule has 0 atom stereocenters. The third-order valence-electron chi connectivity index (χ3n) is 1.30. The number of aromatic nitrogens is 1. The summed E-state index contributed by atoms with van der Waals surface area (Å²) in [6.07, 6.45) is 1.59. The number of rotatable bonds is 2. The number of hydrogen-bond acceptors (Lipinski definition) is 3. The average molecular weight is 230 g/mol. The Kier molecular flexibility index (Phi) is 2.65. The van der Waals surface area contributed by atoms with E-state index in [0.717, 1.165) is 4.47 Å². The molecule has 0 saturated carbocycles. The molecule has 0 bridgehead atoms. The van der Waals surface area contributed by atoms with Crippen LogP contribution in [0.15, 0.2) is 16.7 Å². The van der Waals surface area contributed by atoms with Crippen molar-refractivity contribution in [3.05, 3.63) is 22.3 Å². The van der Waals surface area contributed by atoms with Gasteiger partial charge in [-0.3, -0.25) is 5.41 Å². The number of methoxy groups -OCH3 is 1. The Hall–Kier alpha value is -1.10. The lowest BCUT2D eigenvalue weighted by molar-refractivity contribution is 0.396. The van der Waals surface area contributed by atoms with Gasteiger partial charge in [-0.05, 0) is 22.0 Å². The molecule has 1 aromatic heterocycles. The zero-order valence-electron chi connectivity index (χ0n) is 6.47. The summed E-state index contributed by atoms with van der Waals surface area (Å²) >= 11 is 3.22. The zero-order chi connectivity index (χ0) is 9.14. The second-order valence-electron chi connectivity index (χ2n) is 2.12. The van der Waals surface area contributed by atoms with Crippen LogP contribution in [0.5, 0.6) is 5.88 Å². The number of nitrogens with zero attached hydrogens (tertiary/aromatic N) is 1. The van der Waals surface area contributed by atoms with Crippen molar-refractivity contribution in [2.75, 3.05) is 7.11 Å². The highest BCUT2D eigenvalue weighted by molar-refractivity contribution is 9.10. The van der Waals surface area contributed by atoms with Crippen molar-refractivity contribution in [3.63, 3.8) is 0 Å². The van der Waals surface area contributed by atoms with Gasteiger partial charge in [0.1, 0.15) is 5.84 Å². The summed E-state index contributed by atoms with van der Waals surface area (Å²) in [6, 6.07) is 1.69. The van der Waals surface area contributed by atoms with Crippen molar-refractivity contribution in [1.82, 2.24) is 4.98 Å². The summed E-state index contributed by atoms with van der Waals surface area (Å²) < 4.78 is 5.68. The van der Waals surface area contributed by atoms with E-state index in [2.05, 4.69) is 20.9 Å². The average Bonchev–Trinajstić information content (AvgIpc) is 2.04. The lowest BCUT2D eigenvalue weighted by Gasteiger charge is -2.04. The van der Waals surface area contributed by atoms with Gasteiger partial charge in [-0.15, -0.1) is 0 Å². The van der Waals surface area contributed by atoms with Gasteiger partial charge in [0.05, 0.1) is 12.7 Å². The molecule has 0 aliphatic carbocycles. The Balaban J connectivity index is 3.21. The molecule has 0 aromatic carbocycles. The van der Waals surface area contributed by atoms with Crippen molar-refractivity contribution in [1.29, 1.82) is 5.41 Å². The fourth-order valence-corrected chi connectivity index (χ4v) is 1.11. The van der Waals surface area contributed by atoms with E-state index >= 15 is 0 Å². The van der Waals surface area contributed by atoms with Crippen LogP contribution in [-0.4, -0.2) is 17.9 Å². The summed E-state index contributed by atoms with van der Waals surface area (Å²) in [6.45, 7) is 0. The minimum Gasteiger partial charge on any atom is -0.480 e. The van der Waals surface area contributed by atoms with Crippen LogP contribution in [0.1, 0.15) is 5.56 Å². The predicted octanol–water partition coefficient (Wildman–Crippen LogP) is 1.14. The molecule has 0 aliphatic rings. The van der Waals surface area contributed by atoms with Gasteiger partial charge in [-0.1, -0.05) is 0 Å². The molecule has 1 rings (SSSR count). The lowest BCUT2D eigenvalue weighted by Crippen LogP contribution is -2.13. The third-order valence-corrected chi connectivity index (χ3v) is 1.73. The molecule has 1 heterocycles. The highest BCUT2D eigenvalue weighted by atomic mass is 79.9. The van der Waals surface area contributed by atoms with E-state index in [1.807, 2.05) is 0 Å². The van der Waals surface area contributed by atoms with E-state index in [1.165, 1.54) is 7.11 Å². The van der Waals surface area contributed by atoms with Crippen LogP contribution in [-0.2, 0) is 0 Å². The topological polar surface area (TPSA) is 72.0 Å². The normalized spacial score (nSPS) is 9.50. The lowest BCUT2D eigenvalue weighted by atomic mass is 10.2. The number of nitrogens with one attached hydrogen (secondary N) is 1. The molecular weight excluding hydrogens is 222 g/mol. The Bertz CT molecular complexity index is 314. The molecule has 0 aliphatic heterocycles. The molecule has 12 heavy (non-hydrogen) atoms. The summed E-state index contributed by atoms with van der Waals surface area (Å²) in [7, 11) is 1.49. The Morgan fingerprint density at radius 1 is 1.75 bits per heavy atom. The Morgan fingerprint density at radius 3 is 2.92 bits per heavy atom. The first-order valence-corrected chi connectivity index (χ1v) is 3.98. The van der Waals surface area contributed by atoms with E-state index in [9.17, 15) is 0 Å². The minimum absolute atomic E-state index is 0.0550. The maximum absolute atomic E-state index is 7.21. The molecule has 0 fully saturated rings. The number of halogens is 1. The molecule has 4 nitrogen and oxygen atoms in total. The fourth-order valence-electron chi connectivity index (χ4n) is 0.782. The van der Waals surface area contributed by atoms with E-state index in [0.29, 0.717) is 11.4 Å². The van der Waals surface area contributed by atoms with E-state index in [1.54, 1.807) is 12.3 Å².